The zero-order valence-corrected chi connectivity index (χ0v) is 12.3. The van der Waals surface area contributed by atoms with E-state index in [1.807, 2.05) is 35.0 Å². The van der Waals surface area contributed by atoms with E-state index in [4.69, 9.17) is 4.42 Å². The number of rotatable bonds is 4. The van der Waals surface area contributed by atoms with Crippen molar-refractivity contribution in [3.05, 3.63) is 47.0 Å². The first kappa shape index (κ1) is 12.4. The second-order valence-electron chi connectivity index (χ2n) is 4.24. The molecule has 0 radical (unpaired) electrons. The van der Waals surface area contributed by atoms with Crippen LogP contribution in [0.3, 0.4) is 0 Å². The summed E-state index contributed by atoms with van der Waals surface area (Å²) in [4.78, 5) is 7.96. The largest absolute Gasteiger partial charge is 0.443 e. The van der Waals surface area contributed by atoms with E-state index in [1.54, 1.807) is 28.9 Å². The van der Waals surface area contributed by atoms with Crippen LogP contribution in [-0.4, -0.2) is 25.2 Å². The van der Waals surface area contributed by atoms with E-state index in [2.05, 4.69) is 20.4 Å². The lowest BCUT2D eigenvalue weighted by atomic mass is 10.4. The quantitative estimate of drug-likeness (QED) is 0.578. The Kier molecular flexibility index (Phi) is 3.09. The maximum Gasteiger partial charge on any atom is 0.236 e. The molecule has 0 aliphatic rings. The fourth-order valence-corrected chi connectivity index (χ4v) is 3.16. The number of aromatic nitrogens is 5. The first-order chi connectivity index (χ1) is 10.4. The molecule has 21 heavy (non-hydrogen) atoms. The Morgan fingerprint density at radius 1 is 1.10 bits per heavy atom. The highest BCUT2D eigenvalue weighted by Crippen LogP contribution is 2.24. The fourth-order valence-electron chi connectivity index (χ4n) is 1.85. The molecule has 0 spiro atoms. The Morgan fingerprint density at radius 2 is 1.90 bits per heavy atom. The molecule has 0 N–H and O–H groups in total. The minimum absolute atomic E-state index is 0.438. The van der Waals surface area contributed by atoms with Crippen molar-refractivity contribution in [2.75, 3.05) is 0 Å². The number of hydrogen-bond donors (Lipinski definition) is 0. The highest BCUT2D eigenvalue weighted by molar-refractivity contribution is 7.13. The highest BCUT2D eigenvalue weighted by atomic mass is 32.1. The molecule has 0 saturated carbocycles. The van der Waals surface area contributed by atoms with Gasteiger partial charge in [0.1, 0.15) is 18.5 Å². The van der Waals surface area contributed by atoms with Gasteiger partial charge in [-0.3, -0.25) is 0 Å². The van der Waals surface area contributed by atoms with Gasteiger partial charge in [0, 0.05) is 0 Å². The number of nitrogens with zero attached hydrogens (tertiary/aromatic N) is 5. The van der Waals surface area contributed by atoms with Crippen molar-refractivity contribution in [1.82, 2.24) is 25.2 Å². The van der Waals surface area contributed by atoms with Crippen LogP contribution in [0, 0.1) is 0 Å². The van der Waals surface area contributed by atoms with Gasteiger partial charge in [-0.15, -0.1) is 32.9 Å². The van der Waals surface area contributed by atoms with Crippen LogP contribution in [0.25, 0.3) is 21.5 Å². The van der Waals surface area contributed by atoms with Crippen molar-refractivity contribution in [3.63, 3.8) is 0 Å². The van der Waals surface area contributed by atoms with E-state index in [0.717, 1.165) is 15.4 Å². The monoisotopic (exact) mass is 315 g/mol. The third-order valence-electron chi connectivity index (χ3n) is 2.78. The summed E-state index contributed by atoms with van der Waals surface area (Å²) in [6.45, 7) is 0.438. The third kappa shape index (κ3) is 2.50. The lowest BCUT2D eigenvalue weighted by Crippen LogP contribution is -2.04. The van der Waals surface area contributed by atoms with Gasteiger partial charge in [-0.1, -0.05) is 12.1 Å². The predicted octanol–water partition coefficient (Wildman–Crippen LogP) is 3.17. The highest BCUT2D eigenvalue weighted by Gasteiger charge is 2.11. The van der Waals surface area contributed by atoms with Crippen molar-refractivity contribution >= 4 is 22.7 Å². The van der Waals surface area contributed by atoms with Gasteiger partial charge in [0.25, 0.3) is 0 Å². The van der Waals surface area contributed by atoms with Crippen LogP contribution in [0.15, 0.2) is 45.7 Å². The first-order valence-electron chi connectivity index (χ1n) is 6.18. The molecule has 0 fully saturated rings. The third-order valence-corrected chi connectivity index (χ3v) is 4.51. The molecule has 0 unspecified atom stereocenters. The molecule has 4 aromatic rings. The van der Waals surface area contributed by atoms with Crippen LogP contribution >= 0.6 is 22.7 Å². The van der Waals surface area contributed by atoms with Gasteiger partial charge in [0.15, 0.2) is 0 Å². The van der Waals surface area contributed by atoms with E-state index in [-0.39, 0.29) is 0 Å². The molecule has 4 rings (SSSR count). The summed E-state index contributed by atoms with van der Waals surface area (Å²) in [5, 5.41) is 16.4. The summed E-state index contributed by atoms with van der Waals surface area (Å²) in [6, 6.07) is 7.88. The van der Waals surface area contributed by atoms with Gasteiger partial charge < -0.3 is 4.42 Å². The molecule has 0 saturated heterocycles. The summed E-state index contributed by atoms with van der Waals surface area (Å²) >= 11 is 3.18. The molecule has 0 bridgehead atoms. The summed E-state index contributed by atoms with van der Waals surface area (Å²) in [5.41, 5.74) is 0.772. The van der Waals surface area contributed by atoms with Crippen LogP contribution in [0.4, 0.5) is 0 Å². The van der Waals surface area contributed by atoms with Gasteiger partial charge in [0.2, 0.25) is 11.7 Å². The molecule has 0 aliphatic carbocycles. The SMILES string of the molecule is c1csc(-c2nnn(Cc3coc(-c4cccs4)n3)n2)c1. The number of hydrogen-bond acceptors (Lipinski definition) is 7. The smallest absolute Gasteiger partial charge is 0.236 e. The molecule has 0 aliphatic heterocycles. The number of thiophene rings is 2. The van der Waals surface area contributed by atoms with Crippen LogP contribution in [0.2, 0.25) is 0 Å². The lowest BCUT2D eigenvalue weighted by molar-refractivity contribution is 0.550. The van der Waals surface area contributed by atoms with Crippen molar-refractivity contribution in [3.8, 4) is 21.5 Å². The first-order valence-corrected chi connectivity index (χ1v) is 7.94. The lowest BCUT2D eigenvalue weighted by Gasteiger charge is -1.92. The van der Waals surface area contributed by atoms with Crippen LogP contribution in [0.1, 0.15) is 5.69 Å². The topological polar surface area (TPSA) is 69.6 Å². The molecular weight excluding hydrogens is 306 g/mol. The molecule has 6 nitrogen and oxygen atoms in total. The second-order valence-corrected chi connectivity index (χ2v) is 6.14. The van der Waals surface area contributed by atoms with Gasteiger partial charge in [-0.2, -0.15) is 4.80 Å². The van der Waals surface area contributed by atoms with Crippen molar-refractivity contribution < 1.29 is 4.42 Å². The summed E-state index contributed by atoms with van der Waals surface area (Å²) in [5.74, 6) is 1.26. The van der Waals surface area contributed by atoms with Crippen molar-refractivity contribution in [2.24, 2.45) is 0 Å². The van der Waals surface area contributed by atoms with Crippen LogP contribution < -0.4 is 0 Å². The van der Waals surface area contributed by atoms with E-state index in [9.17, 15) is 0 Å². The maximum absolute atomic E-state index is 5.47. The van der Waals surface area contributed by atoms with E-state index < -0.39 is 0 Å². The molecular formula is C13H9N5OS2. The van der Waals surface area contributed by atoms with Gasteiger partial charge >= 0.3 is 0 Å². The molecule has 4 aromatic heterocycles. The average Bonchev–Trinajstić information content (AvgIpc) is 3.28. The molecule has 104 valence electrons. The Morgan fingerprint density at radius 3 is 2.67 bits per heavy atom. The summed E-state index contributed by atoms with van der Waals surface area (Å²) in [6.07, 6.45) is 1.63. The van der Waals surface area contributed by atoms with E-state index in [0.29, 0.717) is 18.3 Å². The molecule has 0 amide bonds. The van der Waals surface area contributed by atoms with Gasteiger partial charge in [-0.25, -0.2) is 4.98 Å². The van der Waals surface area contributed by atoms with Gasteiger partial charge in [0.05, 0.1) is 9.75 Å². The van der Waals surface area contributed by atoms with E-state index >= 15 is 0 Å². The van der Waals surface area contributed by atoms with Gasteiger partial charge in [-0.05, 0) is 28.1 Å². The summed E-state index contributed by atoms with van der Waals surface area (Å²) in [7, 11) is 0. The van der Waals surface area contributed by atoms with Crippen molar-refractivity contribution in [2.45, 2.75) is 6.54 Å². The van der Waals surface area contributed by atoms with Crippen LogP contribution in [-0.2, 0) is 6.54 Å². The van der Waals surface area contributed by atoms with Crippen molar-refractivity contribution in [1.29, 1.82) is 0 Å². The molecule has 4 heterocycles. The number of oxazole rings is 1. The Labute approximate surface area is 127 Å². The Hall–Kier alpha value is -2.32. The normalized spacial score (nSPS) is 11.0. The van der Waals surface area contributed by atoms with E-state index in [1.165, 1.54) is 4.80 Å². The Balaban J connectivity index is 1.54. The molecule has 8 heteroatoms. The predicted molar refractivity (Wildman–Crippen MR) is 80.0 cm³/mol. The fraction of sp³-hybridized carbons (Fsp3) is 0.0769. The van der Waals surface area contributed by atoms with Crippen LogP contribution in [0.5, 0.6) is 0 Å². The molecule has 0 aromatic carbocycles. The maximum atomic E-state index is 5.47. The number of tetrazole rings is 1. The average molecular weight is 315 g/mol. The minimum atomic E-state index is 0.438. The zero-order chi connectivity index (χ0) is 14.1. The standard InChI is InChI=1S/C13H9N5OS2/c1-3-10(20-5-1)12-15-17-18(16-12)7-9-8-19-13(14-9)11-4-2-6-21-11/h1-6,8H,7H2. The second kappa shape index (κ2) is 5.23. The molecule has 0 atom stereocenters. The summed E-state index contributed by atoms with van der Waals surface area (Å²) < 4.78 is 5.47. The zero-order valence-electron chi connectivity index (χ0n) is 10.7. The Bertz CT molecular complexity index is 761. The minimum Gasteiger partial charge on any atom is -0.443 e.